The highest BCUT2D eigenvalue weighted by atomic mass is 16.5. The minimum Gasteiger partial charge on any atom is -0.394 e. The van der Waals surface area contributed by atoms with Gasteiger partial charge in [0.2, 0.25) is 5.91 Å². The van der Waals surface area contributed by atoms with Gasteiger partial charge in [0.25, 0.3) is 0 Å². The summed E-state index contributed by atoms with van der Waals surface area (Å²) in [5, 5.41) is 23.7. The number of hydrogen-bond donors (Lipinski definition) is 4. The highest BCUT2D eigenvalue weighted by molar-refractivity contribution is 5.79. The third-order valence-corrected chi connectivity index (χ3v) is 2.80. The lowest BCUT2D eigenvalue weighted by atomic mass is 10.0. The molecule has 17 heavy (non-hydrogen) atoms. The van der Waals surface area contributed by atoms with Crippen molar-refractivity contribution < 1.29 is 19.7 Å². The predicted octanol–water partition coefficient (Wildman–Crippen LogP) is -1.53. The summed E-state index contributed by atoms with van der Waals surface area (Å²) in [6.45, 7) is 3.60. The van der Waals surface area contributed by atoms with Crippen molar-refractivity contribution >= 4 is 5.91 Å². The summed E-state index contributed by atoms with van der Waals surface area (Å²) in [4.78, 5) is 11.8. The molecule has 1 amide bonds. The van der Waals surface area contributed by atoms with E-state index in [1.54, 1.807) is 0 Å². The van der Waals surface area contributed by atoms with Gasteiger partial charge in [0.1, 0.15) is 0 Å². The molecule has 6 nitrogen and oxygen atoms in total. The molecule has 0 aromatic rings. The van der Waals surface area contributed by atoms with Crippen molar-refractivity contribution in [3.05, 3.63) is 0 Å². The number of carbonyl (C=O) groups is 1. The normalized spacial score (nSPS) is 25.8. The van der Waals surface area contributed by atoms with Crippen LogP contribution in [0.3, 0.4) is 0 Å². The van der Waals surface area contributed by atoms with Crippen molar-refractivity contribution in [1.82, 2.24) is 10.6 Å². The van der Waals surface area contributed by atoms with Crippen LogP contribution >= 0.6 is 0 Å². The van der Waals surface area contributed by atoms with Crippen LogP contribution in [0.1, 0.15) is 13.3 Å². The second-order valence-corrected chi connectivity index (χ2v) is 4.29. The molecular formula is C11H22N2O4. The van der Waals surface area contributed by atoms with E-state index in [4.69, 9.17) is 14.9 Å². The Bertz CT molecular complexity index is 238. The molecule has 0 aliphatic carbocycles. The number of carbonyl (C=O) groups excluding carboxylic acids is 1. The average molecular weight is 246 g/mol. The number of rotatable bonds is 7. The van der Waals surface area contributed by atoms with E-state index >= 15 is 0 Å². The number of aliphatic hydroxyl groups excluding tert-OH is 2. The first-order valence-electron chi connectivity index (χ1n) is 6.06. The molecule has 3 unspecified atom stereocenters. The number of aliphatic hydroxyl groups is 2. The fraction of sp³-hybridized carbons (Fsp3) is 0.909. The average Bonchev–Trinajstić information content (AvgIpc) is 2.81. The second-order valence-electron chi connectivity index (χ2n) is 4.29. The first-order valence-corrected chi connectivity index (χ1v) is 6.06. The first-order chi connectivity index (χ1) is 8.19. The first kappa shape index (κ1) is 14.4. The van der Waals surface area contributed by atoms with Gasteiger partial charge in [-0.2, -0.15) is 0 Å². The van der Waals surface area contributed by atoms with E-state index in [0.29, 0.717) is 13.2 Å². The van der Waals surface area contributed by atoms with E-state index < -0.39 is 6.10 Å². The van der Waals surface area contributed by atoms with E-state index in [2.05, 4.69) is 17.6 Å². The van der Waals surface area contributed by atoms with Gasteiger partial charge in [-0.3, -0.25) is 4.79 Å². The van der Waals surface area contributed by atoms with Crippen molar-refractivity contribution in [2.24, 2.45) is 5.92 Å². The van der Waals surface area contributed by atoms with Crippen LogP contribution in [-0.4, -0.2) is 61.2 Å². The Balaban J connectivity index is 2.33. The van der Waals surface area contributed by atoms with E-state index in [9.17, 15) is 4.79 Å². The molecule has 0 saturated carbocycles. The number of hydrogen-bond acceptors (Lipinski definition) is 5. The zero-order valence-electron chi connectivity index (χ0n) is 10.2. The maximum atomic E-state index is 11.8. The Labute approximate surface area is 101 Å². The summed E-state index contributed by atoms with van der Waals surface area (Å²) in [5.41, 5.74) is 0. The fourth-order valence-electron chi connectivity index (χ4n) is 1.76. The zero-order valence-corrected chi connectivity index (χ0v) is 10.2. The lowest BCUT2D eigenvalue weighted by Crippen LogP contribution is -2.46. The summed E-state index contributed by atoms with van der Waals surface area (Å²) >= 11 is 0. The Morgan fingerprint density at radius 1 is 1.53 bits per heavy atom. The van der Waals surface area contributed by atoms with Crippen LogP contribution < -0.4 is 10.6 Å². The van der Waals surface area contributed by atoms with Crippen molar-refractivity contribution in [3.63, 3.8) is 0 Å². The number of ether oxygens (including phenoxy) is 1. The lowest BCUT2D eigenvalue weighted by molar-refractivity contribution is -0.126. The van der Waals surface area contributed by atoms with Crippen LogP contribution in [0.2, 0.25) is 0 Å². The second kappa shape index (κ2) is 7.60. The summed E-state index contributed by atoms with van der Waals surface area (Å²) < 4.78 is 5.29. The minimum atomic E-state index is -0.900. The number of amides is 1. The quantitative estimate of drug-likeness (QED) is 0.437. The molecule has 100 valence electrons. The molecule has 6 heteroatoms. The molecule has 1 rings (SSSR count). The maximum absolute atomic E-state index is 11.8. The van der Waals surface area contributed by atoms with Crippen LogP contribution in [0.15, 0.2) is 0 Å². The highest BCUT2D eigenvalue weighted by Gasteiger charge is 2.33. The smallest absolute Gasteiger partial charge is 0.227 e. The van der Waals surface area contributed by atoms with Crippen molar-refractivity contribution in [2.75, 3.05) is 32.9 Å². The van der Waals surface area contributed by atoms with Gasteiger partial charge >= 0.3 is 0 Å². The van der Waals surface area contributed by atoms with Gasteiger partial charge in [-0.05, 0) is 13.0 Å². The molecule has 1 aliphatic heterocycles. The van der Waals surface area contributed by atoms with Crippen LogP contribution in [-0.2, 0) is 9.53 Å². The van der Waals surface area contributed by atoms with Gasteiger partial charge in [0, 0.05) is 12.6 Å². The SMILES string of the molecule is CCCNC1COCC1C(=O)NCC(O)CO. The van der Waals surface area contributed by atoms with Gasteiger partial charge in [-0.15, -0.1) is 0 Å². The molecular weight excluding hydrogens is 224 g/mol. The van der Waals surface area contributed by atoms with Gasteiger partial charge in [0.05, 0.1) is 31.8 Å². The number of nitrogens with one attached hydrogen (secondary N) is 2. The minimum absolute atomic E-state index is 0.0428. The third-order valence-electron chi connectivity index (χ3n) is 2.80. The Morgan fingerprint density at radius 2 is 2.29 bits per heavy atom. The fourth-order valence-corrected chi connectivity index (χ4v) is 1.76. The summed E-state index contributed by atoms with van der Waals surface area (Å²) in [5.74, 6) is -0.351. The maximum Gasteiger partial charge on any atom is 0.227 e. The molecule has 1 aliphatic rings. The molecule has 1 saturated heterocycles. The summed E-state index contributed by atoms with van der Waals surface area (Å²) in [6, 6.07) is 0.0428. The molecule has 3 atom stereocenters. The van der Waals surface area contributed by atoms with Crippen molar-refractivity contribution in [3.8, 4) is 0 Å². The molecule has 1 fully saturated rings. The zero-order chi connectivity index (χ0) is 12.7. The van der Waals surface area contributed by atoms with Gasteiger partial charge in [-0.25, -0.2) is 0 Å². The largest absolute Gasteiger partial charge is 0.394 e. The Kier molecular flexibility index (Phi) is 6.43. The third kappa shape index (κ3) is 4.59. The molecule has 0 spiro atoms. The lowest BCUT2D eigenvalue weighted by Gasteiger charge is -2.19. The summed E-state index contributed by atoms with van der Waals surface area (Å²) in [6.07, 6.45) is 0.108. The van der Waals surface area contributed by atoms with Gasteiger partial charge in [0.15, 0.2) is 0 Å². The van der Waals surface area contributed by atoms with E-state index in [1.807, 2.05) is 0 Å². The molecule has 0 aromatic heterocycles. The van der Waals surface area contributed by atoms with Gasteiger partial charge < -0.3 is 25.6 Å². The Morgan fingerprint density at radius 3 is 2.94 bits per heavy atom. The molecule has 0 bridgehead atoms. The molecule has 0 radical (unpaired) electrons. The standard InChI is InChI=1S/C11H22N2O4/c1-2-3-12-10-7-17-6-9(10)11(16)13-4-8(15)5-14/h8-10,12,14-15H,2-7H2,1H3,(H,13,16). The van der Waals surface area contributed by atoms with E-state index in [-0.39, 0.29) is 31.0 Å². The predicted molar refractivity (Wildman–Crippen MR) is 62.5 cm³/mol. The topological polar surface area (TPSA) is 90.8 Å². The molecule has 0 aromatic carbocycles. The molecule has 1 heterocycles. The monoisotopic (exact) mass is 246 g/mol. The van der Waals surface area contributed by atoms with Crippen LogP contribution in [0.5, 0.6) is 0 Å². The van der Waals surface area contributed by atoms with Crippen LogP contribution in [0.25, 0.3) is 0 Å². The van der Waals surface area contributed by atoms with Crippen LogP contribution in [0, 0.1) is 5.92 Å². The van der Waals surface area contributed by atoms with Crippen molar-refractivity contribution in [2.45, 2.75) is 25.5 Å². The summed E-state index contributed by atoms with van der Waals surface area (Å²) in [7, 11) is 0. The molecule has 4 N–H and O–H groups in total. The van der Waals surface area contributed by atoms with Crippen LogP contribution in [0.4, 0.5) is 0 Å². The Hall–Kier alpha value is -0.690. The van der Waals surface area contributed by atoms with Crippen molar-refractivity contribution in [1.29, 1.82) is 0 Å². The van der Waals surface area contributed by atoms with Gasteiger partial charge in [-0.1, -0.05) is 6.92 Å². The highest BCUT2D eigenvalue weighted by Crippen LogP contribution is 2.13. The van der Waals surface area contributed by atoms with E-state index in [1.165, 1.54) is 0 Å². The van der Waals surface area contributed by atoms with E-state index in [0.717, 1.165) is 13.0 Å².